The summed E-state index contributed by atoms with van der Waals surface area (Å²) in [4.78, 5) is 170. The average molecular weight is 1230 g/mol. The number of aliphatic hydroxyl groups is 1. The first-order chi connectivity index (χ1) is 40.0. The Morgan fingerprint density at radius 3 is 1.14 bits per heavy atom. The number of likely N-dealkylation sites (N-methyl/N-ethyl adjacent to an activating group) is 7. The van der Waals surface area contributed by atoms with E-state index >= 15 is 14.4 Å². The van der Waals surface area contributed by atoms with Gasteiger partial charge in [0.1, 0.15) is 66.5 Å². The number of rotatable bonds is 15. The summed E-state index contributed by atoms with van der Waals surface area (Å²) in [5.74, 6) is -10.4. The maximum absolute atomic E-state index is 15.2. The van der Waals surface area contributed by atoms with Crippen molar-refractivity contribution in [2.45, 2.75) is 236 Å². The van der Waals surface area contributed by atoms with Gasteiger partial charge in [-0.1, -0.05) is 116 Å². The van der Waals surface area contributed by atoms with Crippen molar-refractivity contribution in [1.29, 1.82) is 0 Å². The van der Waals surface area contributed by atoms with E-state index in [9.17, 15) is 43.5 Å². The van der Waals surface area contributed by atoms with E-state index in [2.05, 4.69) is 21.3 Å². The van der Waals surface area contributed by atoms with E-state index in [0.717, 1.165) is 4.90 Å². The van der Waals surface area contributed by atoms with Crippen molar-refractivity contribution >= 4 is 65.0 Å². The highest BCUT2D eigenvalue weighted by atomic mass is 16.3. The van der Waals surface area contributed by atoms with Crippen LogP contribution in [0.4, 0.5) is 0 Å². The van der Waals surface area contributed by atoms with E-state index in [1.165, 1.54) is 99.5 Å². The van der Waals surface area contributed by atoms with Crippen LogP contribution < -0.4 is 21.3 Å². The van der Waals surface area contributed by atoms with Gasteiger partial charge in [0, 0.05) is 49.3 Å². The smallest absolute Gasteiger partial charge is 0.246 e. The maximum atomic E-state index is 15.2. The average Bonchev–Trinajstić information content (AvgIpc) is 1.22. The molecule has 23 heteroatoms. The van der Waals surface area contributed by atoms with Gasteiger partial charge < -0.3 is 60.7 Å². The fourth-order valence-electron chi connectivity index (χ4n) is 11.0. The topological polar surface area (TPSA) is 279 Å². The van der Waals surface area contributed by atoms with Crippen molar-refractivity contribution in [3.05, 3.63) is 12.2 Å². The SMILES string of the molecule is C/C=C/C[C@@H](C)[C@@H](O)[C@H]1C(=O)N[C@@H](C(C)C)C(=O)N(C)[C@H](C)C(=O)N(C)[C@@H](CC(C)C)C(=O)N[C@@H](C(C)C)C(=O)N(C)[C@@H](CC(C)C)C(=O)N[C@@H](C)C(=O)N[C@H](C)C(=O)N(C)[C@@H](CC(C)C)C(=O)N(C)[C@@H](CC(C)C)C(=O)N(C)[C@@H](C(C)C)C(=O)N1C. The van der Waals surface area contributed by atoms with Crippen LogP contribution in [0.2, 0.25) is 0 Å². The molecule has 1 rings (SSSR count). The molecule has 1 aliphatic rings. The van der Waals surface area contributed by atoms with E-state index in [0.29, 0.717) is 6.42 Å². The van der Waals surface area contributed by atoms with Crippen LogP contribution in [0, 0.1) is 47.3 Å². The lowest BCUT2D eigenvalue weighted by Gasteiger charge is -2.42. The number of carbonyl (C=O) groups is 11. The van der Waals surface area contributed by atoms with E-state index in [-0.39, 0.29) is 49.4 Å². The van der Waals surface area contributed by atoms with Gasteiger partial charge in [-0.05, 0) is 107 Å². The second-order valence-electron chi connectivity index (χ2n) is 27.2. The van der Waals surface area contributed by atoms with Crippen molar-refractivity contribution < 1.29 is 57.8 Å². The second-order valence-corrected chi connectivity index (χ2v) is 27.2. The lowest BCUT2D eigenvalue weighted by molar-refractivity contribution is -0.157. The summed E-state index contributed by atoms with van der Waals surface area (Å²) in [5, 5.41) is 23.3. The first kappa shape index (κ1) is 78.9. The largest absolute Gasteiger partial charge is 0.390 e. The number of nitrogens with zero attached hydrogens (tertiary/aromatic N) is 7. The summed E-state index contributed by atoms with van der Waals surface area (Å²) in [5.41, 5.74) is 0. The third-order valence-corrected chi connectivity index (χ3v) is 16.8. The molecule has 0 radical (unpaired) electrons. The molecule has 498 valence electrons. The first-order valence-electron chi connectivity index (χ1n) is 31.4. The molecule has 87 heavy (non-hydrogen) atoms. The summed E-state index contributed by atoms with van der Waals surface area (Å²) in [6.45, 7) is 33.1. The molecule has 0 unspecified atom stereocenters. The van der Waals surface area contributed by atoms with Crippen LogP contribution in [0.5, 0.6) is 0 Å². The number of allylic oxidation sites excluding steroid dienone is 2. The van der Waals surface area contributed by atoms with Gasteiger partial charge in [0.2, 0.25) is 65.0 Å². The van der Waals surface area contributed by atoms with E-state index in [4.69, 9.17) is 0 Å². The molecule has 11 amide bonds. The van der Waals surface area contributed by atoms with Gasteiger partial charge in [0.05, 0.1) is 6.10 Å². The number of aliphatic hydroxyl groups excluding tert-OH is 1. The van der Waals surface area contributed by atoms with Crippen LogP contribution in [-0.4, -0.2) is 226 Å². The molecule has 1 aliphatic heterocycles. The Morgan fingerprint density at radius 2 is 0.724 bits per heavy atom. The fourth-order valence-corrected chi connectivity index (χ4v) is 11.0. The molecule has 13 atom stereocenters. The summed E-state index contributed by atoms with van der Waals surface area (Å²) in [6, 6.07) is -13.7. The number of hydrogen-bond acceptors (Lipinski definition) is 12. The lowest BCUT2D eigenvalue weighted by atomic mass is 9.91. The predicted octanol–water partition coefficient (Wildman–Crippen LogP) is 3.90. The molecule has 0 bridgehead atoms. The molecule has 1 heterocycles. The Labute approximate surface area is 521 Å². The van der Waals surface area contributed by atoms with Crippen LogP contribution in [0.15, 0.2) is 12.2 Å². The minimum atomic E-state index is -1.63. The zero-order chi connectivity index (χ0) is 67.7. The van der Waals surface area contributed by atoms with Crippen molar-refractivity contribution in [3.8, 4) is 0 Å². The highest BCUT2D eigenvalue weighted by Crippen LogP contribution is 2.26. The van der Waals surface area contributed by atoms with E-state index < -0.39 is 161 Å². The van der Waals surface area contributed by atoms with Gasteiger partial charge in [-0.2, -0.15) is 0 Å². The van der Waals surface area contributed by atoms with Crippen LogP contribution in [0.25, 0.3) is 0 Å². The molecular weight excluding hydrogens is 1110 g/mol. The Bertz CT molecular complexity index is 2390. The zero-order valence-electron chi connectivity index (χ0n) is 57.8. The van der Waals surface area contributed by atoms with Gasteiger partial charge in [0.25, 0.3) is 0 Å². The molecule has 5 N–H and O–H groups in total. The monoisotopic (exact) mass is 1230 g/mol. The summed E-state index contributed by atoms with van der Waals surface area (Å²) < 4.78 is 0. The number of nitrogens with one attached hydrogen (secondary N) is 4. The first-order valence-corrected chi connectivity index (χ1v) is 31.4. The maximum Gasteiger partial charge on any atom is 0.246 e. The van der Waals surface area contributed by atoms with Crippen LogP contribution in [0.1, 0.15) is 164 Å². The van der Waals surface area contributed by atoms with Crippen LogP contribution in [0.3, 0.4) is 0 Å². The molecule has 0 aliphatic carbocycles. The number of amides is 11. The van der Waals surface area contributed by atoms with Crippen LogP contribution in [-0.2, 0) is 52.7 Å². The molecule has 0 aromatic heterocycles. The predicted molar refractivity (Wildman–Crippen MR) is 338 cm³/mol. The minimum absolute atomic E-state index is 0.134. The second kappa shape index (κ2) is 35.2. The summed E-state index contributed by atoms with van der Waals surface area (Å²) in [7, 11) is 9.97. The van der Waals surface area contributed by atoms with Crippen LogP contribution >= 0.6 is 0 Å². The molecule has 0 spiro atoms. The van der Waals surface area contributed by atoms with Crippen molar-refractivity contribution in [2.24, 2.45) is 47.3 Å². The molecule has 23 nitrogen and oxygen atoms in total. The van der Waals surface area contributed by atoms with Gasteiger partial charge in [0.15, 0.2) is 0 Å². The molecule has 0 aromatic rings. The standard InChI is InChI=1S/C64H115N11O12/c1-27-28-29-41(16)53(76)52-57(80)68-49(38(10)11)62(85)69(20)44(19)59(82)70(21)46(31-35(4)5)56(79)67-50(39(12)13)63(86)71(22)45(30-34(2)3)55(78)65-42(17)54(77)66-43(18)58(81)72(23)47(32-36(6)7)60(83)73(24)48(33-37(8)9)61(84)74(25)51(40(14)15)64(87)75(52)26/h27-28,34-53,76H,29-33H2,1-26H3,(H,65,78)(H,66,77)(H,67,79)(H,68,80)/b28-27+/t41-,42+,43-,44-,45+,46+,47+,48+,49+,50+,51+,52+,53-/m1/s1. The highest BCUT2D eigenvalue weighted by molar-refractivity contribution is 6.00. The Hall–Kier alpha value is -6.13. The third kappa shape index (κ3) is 21.6. The fraction of sp³-hybridized carbons (Fsp3) is 0.797. The summed E-state index contributed by atoms with van der Waals surface area (Å²) >= 11 is 0. The number of carbonyl (C=O) groups excluding carboxylic acids is 11. The van der Waals surface area contributed by atoms with Crippen molar-refractivity contribution in [1.82, 2.24) is 55.6 Å². The molecule has 0 aromatic carbocycles. The zero-order valence-corrected chi connectivity index (χ0v) is 57.8. The Kier molecular flexibility index (Phi) is 31.9. The quantitative estimate of drug-likeness (QED) is 0.146. The van der Waals surface area contributed by atoms with E-state index in [1.807, 2.05) is 61.5 Å². The summed E-state index contributed by atoms with van der Waals surface area (Å²) in [6.07, 6.45) is 2.99. The van der Waals surface area contributed by atoms with Crippen molar-refractivity contribution in [2.75, 3.05) is 49.3 Å². The normalized spacial score (nSPS) is 27.5. The van der Waals surface area contributed by atoms with Gasteiger partial charge >= 0.3 is 0 Å². The Morgan fingerprint density at radius 1 is 0.379 bits per heavy atom. The Balaban J connectivity index is 4.42. The van der Waals surface area contributed by atoms with Gasteiger partial charge in [-0.3, -0.25) is 52.7 Å². The molecular formula is C64H115N11O12. The molecule has 1 saturated heterocycles. The third-order valence-electron chi connectivity index (χ3n) is 16.8. The lowest BCUT2D eigenvalue weighted by Crippen LogP contribution is -2.64. The van der Waals surface area contributed by atoms with Gasteiger partial charge in [-0.25, -0.2) is 0 Å². The molecule has 0 saturated carbocycles. The van der Waals surface area contributed by atoms with Crippen molar-refractivity contribution in [3.63, 3.8) is 0 Å². The minimum Gasteiger partial charge on any atom is -0.390 e. The highest BCUT2D eigenvalue weighted by Gasteiger charge is 2.46. The molecule has 1 fully saturated rings. The van der Waals surface area contributed by atoms with E-state index in [1.54, 1.807) is 61.5 Å². The number of hydrogen-bond donors (Lipinski definition) is 5. The van der Waals surface area contributed by atoms with Gasteiger partial charge in [-0.15, -0.1) is 0 Å².